The first-order valence-electron chi connectivity index (χ1n) is 7.42. The molecule has 128 valence electrons. The molecule has 2 N–H and O–H groups in total. The van der Waals surface area contributed by atoms with Gasteiger partial charge in [-0.3, -0.25) is 4.79 Å². The van der Waals surface area contributed by atoms with Gasteiger partial charge in [-0.25, -0.2) is 4.98 Å². The van der Waals surface area contributed by atoms with Crippen molar-refractivity contribution in [2.45, 2.75) is 38.6 Å². The van der Waals surface area contributed by atoms with Gasteiger partial charge in [-0.05, 0) is 12.0 Å². The maximum absolute atomic E-state index is 12.5. The van der Waals surface area contributed by atoms with Crippen molar-refractivity contribution in [2.75, 3.05) is 13.1 Å². The number of carbonyl (C=O) groups excluding carboxylic acids is 1. The van der Waals surface area contributed by atoms with E-state index in [2.05, 4.69) is 4.98 Å². The average Bonchev–Trinajstić information content (AvgIpc) is 2.93. The van der Waals surface area contributed by atoms with Crippen LogP contribution in [0.25, 0.3) is 0 Å². The molecule has 0 spiro atoms. The number of aromatic nitrogens is 1. The first-order valence-corrected chi connectivity index (χ1v) is 7.42. The summed E-state index contributed by atoms with van der Waals surface area (Å²) in [4.78, 5) is 17.4. The van der Waals surface area contributed by atoms with Gasteiger partial charge in [-0.15, -0.1) is 0 Å². The van der Waals surface area contributed by atoms with Crippen molar-refractivity contribution < 1.29 is 22.7 Å². The number of rotatable bonds is 4. The molecule has 0 aromatic carbocycles. The molecule has 23 heavy (non-hydrogen) atoms. The Labute approximate surface area is 132 Å². The van der Waals surface area contributed by atoms with Crippen LogP contribution in [0.4, 0.5) is 13.2 Å². The molecule has 2 atom stereocenters. The minimum Gasteiger partial charge on any atom is -0.472 e. The fourth-order valence-corrected chi connectivity index (χ4v) is 2.31. The molecular weight excluding hydrogens is 311 g/mol. The molecule has 2 rings (SSSR count). The van der Waals surface area contributed by atoms with E-state index >= 15 is 0 Å². The lowest BCUT2D eigenvalue weighted by atomic mass is 10.0. The van der Waals surface area contributed by atoms with Gasteiger partial charge in [0, 0.05) is 25.2 Å². The standard InChI is InChI=1S/C15H20F3N3O2/c1-9(2)13(19)14(22)21-6-5-11(8-21)23-12-4-3-10(7-20-12)15(16,17)18/h3-4,7,9,11,13H,5-6,8,19H2,1-2H3/t11-,13-/m0/s1. The first kappa shape index (κ1) is 17.5. The van der Waals surface area contributed by atoms with E-state index in [9.17, 15) is 18.0 Å². The number of ether oxygens (including phenoxy) is 1. The summed E-state index contributed by atoms with van der Waals surface area (Å²) in [5.74, 6) is 0.0241. The lowest BCUT2D eigenvalue weighted by Crippen LogP contribution is -2.46. The second-order valence-electron chi connectivity index (χ2n) is 5.97. The van der Waals surface area contributed by atoms with Crippen LogP contribution < -0.4 is 10.5 Å². The molecule has 1 saturated heterocycles. The Kier molecular flexibility index (Phi) is 5.13. The van der Waals surface area contributed by atoms with Gasteiger partial charge in [0.25, 0.3) is 0 Å². The Bertz CT molecular complexity index is 546. The van der Waals surface area contributed by atoms with Crippen LogP contribution in [0.5, 0.6) is 5.88 Å². The molecule has 1 aliphatic rings. The highest BCUT2D eigenvalue weighted by Gasteiger charge is 2.33. The van der Waals surface area contributed by atoms with E-state index in [4.69, 9.17) is 10.5 Å². The maximum atomic E-state index is 12.5. The zero-order valence-corrected chi connectivity index (χ0v) is 13.0. The molecule has 5 nitrogen and oxygen atoms in total. The van der Waals surface area contributed by atoms with Crippen LogP contribution in [-0.4, -0.2) is 41.0 Å². The van der Waals surface area contributed by atoms with Gasteiger partial charge in [0.15, 0.2) is 0 Å². The molecule has 0 radical (unpaired) electrons. The van der Waals surface area contributed by atoms with Crippen molar-refractivity contribution in [2.24, 2.45) is 11.7 Å². The van der Waals surface area contributed by atoms with E-state index < -0.39 is 17.8 Å². The first-order chi connectivity index (χ1) is 10.7. The number of nitrogens with zero attached hydrogens (tertiary/aromatic N) is 2. The molecule has 8 heteroatoms. The Morgan fingerprint density at radius 3 is 2.65 bits per heavy atom. The highest BCUT2D eigenvalue weighted by molar-refractivity contribution is 5.82. The Morgan fingerprint density at radius 1 is 1.43 bits per heavy atom. The summed E-state index contributed by atoms with van der Waals surface area (Å²) in [5.41, 5.74) is 5.02. The van der Waals surface area contributed by atoms with Crippen molar-refractivity contribution in [3.8, 4) is 5.88 Å². The normalized spacial score (nSPS) is 20.0. The summed E-state index contributed by atoms with van der Waals surface area (Å²) in [6.45, 7) is 4.63. The third kappa shape index (κ3) is 4.34. The topological polar surface area (TPSA) is 68.5 Å². The van der Waals surface area contributed by atoms with Crippen LogP contribution in [0, 0.1) is 5.92 Å². The van der Waals surface area contributed by atoms with Crippen LogP contribution >= 0.6 is 0 Å². The van der Waals surface area contributed by atoms with Gasteiger partial charge in [-0.2, -0.15) is 13.2 Å². The predicted molar refractivity (Wildman–Crippen MR) is 77.7 cm³/mol. The van der Waals surface area contributed by atoms with E-state index in [1.807, 2.05) is 13.8 Å². The van der Waals surface area contributed by atoms with E-state index in [-0.39, 0.29) is 23.8 Å². The summed E-state index contributed by atoms with van der Waals surface area (Å²) < 4.78 is 43.0. The number of carbonyl (C=O) groups is 1. The Hall–Kier alpha value is -1.83. The van der Waals surface area contributed by atoms with Crippen LogP contribution in [0.1, 0.15) is 25.8 Å². The number of halogens is 3. The largest absolute Gasteiger partial charge is 0.472 e. The molecule has 1 aromatic rings. The molecular formula is C15H20F3N3O2. The SMILES string of the molecule is CC(C)[C@H](N)C(=O)N1CC[C@H](Oc2ccc(C(F)(F)F)cn2)C1. The summed E-state index contributed by atoms with van der Waals surface area (Å²) in [7, 11) is 0. The van der Waals surface area contributed by atoms with Crippen LogP contribution in [-0.2, 0) is 11.0 Å². The number of nitrogens with two attached hydrogens (primary N) is 1. The quantitative estimate of drug-likeness (QED) is 0.917. The average molecular weight is 331 g/mol. The summed E-state index contributed by atoms with van der Waals surface area (Å²) >= 11 is 0. The summed E-state index contributed by atoms with van der Waals surface area (Å²) in [5, 5.41) is 0. The van der Waals surface area contributed by atoms with Crippen LogP contribution in [0.15, 0.2) is 18.3 Å². The predicted octanol–water partition coefficient (Wildman–Crippen LogP) is 2.06. The molecule has 1 aliphatic heterocycles. The maximum Gasteiger partial charge on any atom is 0.417 e. The number of alkyl halides is 3. The molecule has 2 heterocycles. The van der Waals surface area contributed by atoms with Crippen molar-refractivity contribution in [1.29, 1.82) is 0 Å². The Balaban J connectivity index is 1.92. The smallest absolute Gasteiger partial charge is 0.417 e. The van der Waals surface area contributed by atoms with Gasteiger partial charge in [0.05, 0.1) is 18.2 Å². The van der Waals surface area contributed by atoms with Gasteiger partial charge < -0.3 is 15.4 Å². The number of hydrogen-bond donors (Lipinski definition) is 1. The minimum atomic E-state index is -4.42. The fourth-order valence-electron chi connectivity index (χ4n) is 2.31. The van der Waals surface area contributed by atoms with E-state index in [0.717, 1.165) is 12.3 Å². The van der Waals surface area contributed by atoms with Crippen LogP contribution in [0.3, 0.4) is 0 Å². The number of hydrogen-bond acceptors (Lipinski definition) is 4. The lowest BCUT2D eigenvalue weighted by molar-refractivity contribution is -0.138. The minimum absolute atomic E-state index is 0.0408. The molecule has 0 aliphatic carbocycles. The monoisotopic (exact) mass is 331 g/mol. The molecule has 0 unspecified atom stereocenters. The fraction of sp³-hybridized carbons (Fsp3) is 0.600. The van der Waals surface area contributed by atoms with E-state index in [0.29, 0.717) is 19.5 Å². The second-order valence-corrected chi connectivity index (χ2v) is 5.97. The lowest BCUT2D eigenvalue weighted by Gasteiger charge is -2.23. The van der Waals surface area contributed by atoms with Gasteiger partial charge in [0.2, 0.25) is 11.8 Å². The molecule has 0 saturated carbocycles. The highest BCUT2D eigenvalue weighted by Crippen LogP contribution is 2.29. The van der Waals surface area contributed by atoms with Crippen molar-refractivity contribution >= 4 is 5.91 Å². The molecule has 1 aromatic heterocycles. The molecule has 1 amide bonds. The van der Waals surface area contributed by atoms with Crippen molar-refractivity contribution in [1.82, 2.24) is 9.88 Å². The molecule has 1 fully saturated rings. The summed E-state index contributed by atoms with van der Waals surface area (Å²) in [6, 6.07) is 1.56. The van der Waals surface area contributed by atoms with Crippen molar-refractivity contribution in [3.63, 3.8) is 0 Å². The van der Waals surface area contributed by atoms with Gasteiger partial charge >= 0.3 is 6.18 Å². The van der Waals surface area contributed by atoms with E-state index in [1.165, 1.54) is 6.07 Å². The van der Waals surface area contributed by atoms with Crippen molar-refractivity contribution in [3.05, 3.63) is 23.9 Å². The van der Waals surface area contributed by atoms with Gasteiger partial charge in [0.1, 0.15) is 6.10 Å². The number of likely N-dealkylation sites (tertiary alicyclic amines) is 1. The third-order valence-corrected chi connectivity index (χ3v) is 3.81. The summed E-state index contributed by atoms with van der Waals surface area (Å²) in [6.07, 6.45) is -3.38. The van der Waals surface area contributed by atoms with Gasteiger partial charge in [-0.1, -0.05) is 13.8 Å². The van der Waals surface area contributed by atoms with Crippen LogP contribution in [0.2, 0.25) is 0 Å². The number of amides is 1. The van der Waals surface area contributed by atoms with E-state index in [1.54, 1.807) is 4.90 Å². The highest BCUT2D eigenvalue weighted by atomic mass is 19.4. The second kappa shape index (κ2) is 6.74. The zero-order valence-electron chi connectivity index (χ0n) is 13.0. The molecule has 0 bridgehead atoms. The third-order valence-electron chi connectivity index (χ3n) is 3.81. The number of pyridine rings is 1. The zero-order chi connectivity index (χ0) is 17.2. The Morgan fingerprint density at radius 2 is 2.13 bits per heavy atom.